The normalized spacial score (nSPS) is 14.4. The quantitative estimate of drug-likeness (QED) is 0.256. The molecule has 1 aliphatic heterocycles. The number of ether oxygens (including phenoxy) is 1. The molecular weight excluding hydrogens is 454 g/mol. The molecule has 0 aliphatic carbocycles. The van der Waals surface area contributed by atoms with Crippen molar-refractivity contribution < 1.29 is 9.84 Å². The fourth-order valence-corrected chi connectivity index (χ4v) is 5.31. The molecule has 0 fully saturated rings. The Morgan fingerprint density at radius 1 is 0.703 bits per heavy atom. The molecule has 0 amide bonds. The van der Waals surface area contributed by atoms with Crippen LogP contribution in [0.25, 0.3) is 11.1 Å². The molecule has 0 radical (unpaired) electrons. The van der Waals surface area contributed by atoms with Crippen molar-refractivity contribution in [1.29, 1.82) is 0 Å². The molecule has 1 heterocycles. The Morgan fingerprint density at radius 3 is 2.22 bits per heavy atom. The molecule has 1 aliphatic rings. The van der Waals surface area contributed by atoms with Crippen LogP contribution in [-0.4, -0.2) is 11.7 Å². The Balaban J connectivity index is 1.25. The van der Waals surface area contributed by atoms with Crippen LogP contribution in [0.15, 0.2) is 127 Å². The number of anilines is 1. The molecule has 3 heteroatoms. The van der Waals surface area contributed by atoms with Crippen molar-refractivity contribution in [3.63, 3.8) is 0 Å². The average Bonchev–Trinajstić information content (AvgIpc) is 3.31. The molecular formula is C34H29NO2. The lowest BCUT2D eigenvalue weighted by molar-refractivity contribution is 0.304. The highest BCUT2D eigenvalue weighted by Crippen LogP contribution is 2.44. The number of phenolic OH excluding ortho intramolecular Hbond substituents is 1. The smallest absolute Gasteiger partial charge is 0.123 e. The van der Waals surface area contributed by atoms with Crippen LogP contribution in [0.2, 0.25) is 0 Å². The number of hydrogen-bond acceptors (Lipinski definition) is 3. The molecule has 6 rings (SSSR count). The molecule has 5 aromatic carbocycles. The summed E-state index contributed by atoms with van der Waals surface area (Å²) in [6.07, 6.45) is 0. The van der Waals surface area contributed by atoms with E-state index < -0.39 is 0 Å². The molecule has 0 bridgehead atoms. The molecule has 5 aromatic rings. The van der Waals surface area contributed by atoms with Crippen LogP contribution < -0.4 is 9.64 Å². The Hall–Kier alpha value is -4.50. The van der Waals surface area contributed by atoms with E-state index in [1.54, 1.807) is 6.07 Å². The minimum absolute atomic E-state index is 0.0864. The zero-order chi connectivity index (χ0) is 25.0. The standard InChI is InChI=1S/C34H29NO2/c36-34-21-28(37-24-25-11-3-1-4-12-25)19-20-31(34)32-23-35(33-18-10-9-17-30(32)33)22-27-15-7-8-16-29(27)26-13-5-2-6-14-26/h1-21,32,36H,22-24H2. The first kappa shape index (κ1) is 22.9. The summed E-state index contributed by atoms with van der Waals surface area (Å²) in [6, 6.07) is 43.5. The van der Waals surface area contributed by atoms with Gasteiger partial charge in [-0.3, -0.25) is 0 Å². The van der Waals surface area contributed by atoms with E-state index in [1.165, 1.54) is 27.9 Å². The first-order valence-corrected chi connectivity index (χ1v) is 12.7. The third-order valence-electron chi connectivity index (χ3n) is 7.14. The summed E-state index contributed by atoms with van der Waals surface area (Å²) in [7, 11) is 0. The van der Waals surface area contributed by atoms with Gasteiger partial charge < -0.3 is 14.7 Å². The van der Waals surface area contributed by atoms with Crippen LogP contribution in [0.1, 0.15) is 28.2 Å². The van der Waals surface area contributed by atoms with Crippen molar-refractivity contribution in [3.8, 4) is 22.6 Å². The molecule has 1 unspecified atom stereocenters. The maximum atomic E-state index is 11.0. The van der Waals surface area contributed by atoms with E-state index in [4.69, 9.17) is 4.74 Å². The molecule has 37 heavy (non-hydrogen) atoms. The summed E-state index contributed by atoms with van der Waals surface area (Å²) in [6.45, 7) is 2.08. The number of phenols is 1. The number of aromatic hydroxyl groups is 1. The molecule has 3 nitrogen and oxygen atoms in total. The zero-order valence-electron chi connectivity index (χ0n) is 20.6. The molecule has 0 spiro atoms. The summed E-state index contributed by atoms with van der Waals surface area (Å²) in [5.74, 6) is 1.03. The Kier molecular flexibility index (Phi) is 6.35. The van der Waals surface area contributed by atoms with Gasteiger partial charge in [0.2, 0.25) is 0 Å². The highest BCUT2D eigenvalue weighted by Gasteiger charge is 2.31. The summed E-state index contributed by atoms with van der Waals surface area (Å²) < 4.78 is 5.94. The van der Waals surface area contributed by atoms with Crippen LogP contribution >= 0.6 is 0 Å². The maximum Gasteiger partial charge on any atom is 0.123 e. The van der Waals surface area contributed by atoms with Crippen LogP contribution in [-0.2, 0) is 13.2 Å². The second-order valence-corrected chi connectivity index (χ2v) is 9.51. The second-order valence-electron chi connectivity index (χ2n) is 9.51. The highest BCUT2D eigenvalue weighted by atomic mass is 16.5. The molecule has 1 atom stereocenters. The summed E-state index contributed by atoms with van der Waals surface area (Å²) in [4.78, 5) is 2.43. The number of nitrogens with zero attached hydrogens (tertiary/aromatic N) is 1. The first-order chi connectivity index (χ1) is 18.3. The Bertz CT molecular complexity index is 1500. The maximum absolute atomic E-state index is 11.0. The Morgan fingerprint density at radius 2 is 1.41 bits per heavy atom. The average molecular weight is 484 g/mol. The lowest BCUT2D eigenvalue weighted by Crippen LogP contribution is -2.22. The van der Waals surface area contributed by atoms with Crippen LogP contribution in [0.4, 0.5) is 5.69 Å². The third-order valence-corrected chi connectivity index (χ3v) is 7.14. The fraction of sp³-hybridized carbons (Fsp3) is 0.118. The van der Waals surface area contributed by atoms with Gasteiger partial charge in [-0.1, -0.05) is 109 Å². The van der Waals surface area contributed by atoms with Gasteiger partial charge in [0.15, 0.2) is 0 Å². The van der Waals surface area contributed by atoms with E-state index >= 15 is 0 Å². The Labute approximate surface area is 218 Å². The van der Waals surface area contributed by atoms with E-state index in [2.05, 4.69) is 83.8 Å². The minimum atomic E-state index is 0.0864. The van der Waals surface area contributed by atoms with E-state index in [1.807, 2.05) is 42.5 Å². The second kappa shape index (κ2) is 10.2. The summed E-state index contributed by atoms with van der Waals surface area (Å²) in [5.41, 5.74) is 8.27. The van der Waals surface area contributed by atoms with Gasteiger partial charge >= 0.3 is 0 Å². The van der Waals surface area contributed by atoms with Gasteiger partial charge in [-0.05, 0) is 39.9 Å². The summed E-state index contributed by atoms with van der Waals surface area (Å²) >= 11 is 0. The monoisotopic (exact) mass is 483 g/mol. The third kappa shape index (κ3) is 4.81. The van der Waals surface area contributed by atoms with Crippen LogP contribution in [0.5, 0.6) is 11.5 Å². The van der Waals surface area contributed by atoms with Crippen molar-refractivity contribution >= 4 is 5.69 Å². The molecule has 0 saturated heterocycles. The van der Waals surface area contributed by atoms with Crippen LogP contribution in [0, 0.1) is 0 Å². The lowest BCUT2D eigenvalue weighted by atomic mass is 9.92. The van der Waals surface area contributed by atoms with E-state index in [-0.39, 0.29) is 11.7 Å². The van der Waals surface area contributed by atoms with Crippen molar-refractivity contribution in [2.45, 2.75) is 19.1 Å². The van der Waals surface area contributed by atoms with Crippen molar-refractivity contribution in [2.75, 3.05) is 11.4 Å². The van der Waals surface area contributed by atoms with E-state index in [0.717, 1.165) is 24.2 Å². The predicted octanol–water partition coefficient (Wildman–Crippen LogP) is 7.79. The van der Waals surface area contributed by atoms with E-state index in [9.17, 15) is 5.11 Å². The first-order valence-electron chi connectivity index (χ1n) is 12.7. The van der Waals surface area contributed by atoms with Crippen molar-refractivity contribution in [2.24, 2.45) is 0 Å². The van der Waals surface area contributed by atoms with Crippen molar-refractivity contribution in [3.05, 3.63) is 150 Å². The lowest BCUT2D eigenvalue weighted by Gasteiger charge is -2.22. The van der Waals surface area contributed by atoms with Gasteiger partial charge in [0, 0.05) is 36.3 Å². The SMILES string of the molecule is Oc1cc(OCc2ccccc2)ccc1C1CN(Cc2ccccc2-c2ccccc2)c2ccccc21. The largest absolute Gasteiger partial charge is 0.508 e. The number of rotatable bonds is 7. The number of fused-ring (bicyclic) bond motifs is 1. The highest BCUT2D eigenvalue weighted by molar-refractivity contribution is 5.70. The predicted molar refractivity (Wildman–Crippen MR) is 150 cm³/mol. The van der Waals surface area contributed by atoms with E-state index in [0.29, 0.717) is 12.4 Å². The topological polar surface area (TPSA) is 32.7 Å². The van der Waals surface area contributed by atoms with Gasteiger partial charge in [-0.15, -0.1) is 0 Å². The molecule has 0 saturated carbocycles. The number of hydrogen-bond donors (Lipinski definition) is 1. The van der Waals surface area contributed by atoms with Gasteiger partial charge in [-0.2, -0.15) is 0 Å². The summed E-state index contributed by atoms with van der Waals surface area (Å²) in [5, 5.41) is 11.0. The molecule has 1 N–H and O–H groups in total. The fourth-order valence-electron chi connectivity index (χ4n) is 5.31. The van der Waals surface area contributed by atoms with Crippen molar-refractivity contribution in [1.82, 2.24) is 0 Å². The van der Waals surface area contributed by atoms with Gasteiger partial charge in [0.1, 0.15) is 18.1 Å². The molecule has 0 aromatic heterocycles. The van der Waals surface area contributed by atoms with Gasteiger partial charge in [-0.25, -0.2) is 0 Å². The molecule has 182 valence electrons. The zero-order valence-corrected chi connectivity index (χ0v) is 20.6. The number of para-hydroxylation sites is 1. The van der Waals surface area contributed by atoms with Crippen LogP contribution in [0.3, 0.4) is 0 Å². The number of benzene rings is 5. The minimum Gasteiger partial charge on any atom is -0.508 e. The van der Waals surface area contributed by atoms with Gasteiger partial charge in [0.25, 0.3) is 0 Å². The van der Waals surface area contributed by atoms with Gasteiger partial charge in [0.05, 0.1) is 0 Å².